The van der Waals surface area contributed by atoms with E-state index in [-0.39, 0.29) is 6.61 Å². The summed E-state index contributed by atoms with van der Waals surface area (Å²) in [5, 5.41) is 18.7. The Morgan fingerprint density at radius 1 is 1.82 bits per heavy atom. The number of rotatable bonds is 3. The van der Waals surface area contributed by atoms with Crippen molar-refractivity contribution in [3.63, 3.8) is 0 Å². The summed E-state index contributed by atoms with van der Waals surface area (Å²) in [6, 6.07) is 1.39. The Kier molecular flexibility index (Phi) is 4.49. The van der Waals surface area contributed by atoms with Crippen molar-refractivity contribution in [1.29, 1.82) is 5.26 Å². The fourth-order valence-electron chi connectivity index (χ4n) is 0.372. The van der Waals surface area contributed by atoms with Gasteiger partial charge in [-0.15, -0.1) is 0 Å². The van der Waals surface area contributed by atoms with E-state index in [1.54, 1.807) is 0 Å². The summed E-state index contributed by atoms with van der Waals surface area (Å²) >= 11 is 0. The summed E-state index contributed by atoms with van der Waals surface area (Å²) in [4.78, 5) is 10.6. The number of hydrogen-bond acceptors (Lipinski definition) is 5. The number of ether oxygens (including phenoxy) is 1. The summed E-state index contributed by atoms with van der Waals surface area (Å²) in [6.07, 6.45) is 0.663. The predicted molar refractivity (Wildman–Crippen MR) is 36.1 cm³/mol. The molecule has 0 radical (unpaired) electrons. The van der Waals surface area contributed by atoms with Crippen LogP contribution in [0, 0.1) is 11.3 Å². The Morgan fingerprint density at radius 2 is 2.45 bits per heavy atom. The molecule has 0 atom stereocenters. The third kappa shape index (κ3) is 3.20. The van der Waals surface area contributed by atoms with E-state index in [1.165, 1.54) is 6.07 Å². The maximum Gasteiger partial charge on any atom is 0.371 e. The normalized spacial score (nSPS) is 10.4. The maximum atomic E-state index is 10.6. The van der Waals surface area contributed by atoms with Gasteiger partial charge in [-0.2, -0.15) is 5.26 Å². The second-order valence-corrected chi connectivity index (χ2v) is 1.70. The number of oxime groups is 1. The third-order valence-electron chi connectivity index (χ3n) is 0.837. The molecular weight excluding hydrogens is 148 g/mol. The van der Waals surface area contributed by atoms with Crippen molar-refractivity contribution in [2.24, 2.45) is 5.16 Å². The van der Waals surface area contributed by atoms with Gasteiger partial charge in [0.2, 0.25) is 0 Å². The molecule has 0 amide bonds. The molecular formula is C6H8N2O3. The zero-order valence-corrected chi connectivity index (χ0v) is 6.07. The quantitative estimate of drug-likeness (QED) is 0.275. The van der Waals surface area contributed by atoms with Crippen LogP contribution in [0.5, 0.6) is 0 Å². The van der Waals surface area contributed by atoms with Crippen molar-refractivity contribution in [1.82, 2.24) is 0 Å². The molecule has 1 N–H and O–H groups in total. The highest BCUT2D eigenvalue weighted by atomic mass is 16.5. The van der Waals surface area contributed by atoms with Crippen LogP contribution >= 0.6 is 0 Å². The van der Waals surface area contributed by atoms with E-state index in [2.05, 4.69) is 9.89 Å². The summed E-state index contributed by atoms with van der Waals surface area (Å²) in [5.74, 6) is -0.892. The molecule has 0 spiro atoms. The van der Waals surface area contributed by atoms with Crippen LogP contribution in [0.3, 0.4) is 0 Å². The zero-order valence-electron chi connectivity index (χ0n) is 6.07. The van der Waals surface area contributed by atoms with Gasteiger partial charge in [-0.3, -0.25) is 0 Å². The van der Waals surface area contributed by atoms with E-state index in [1.807, 2.05) is 6.92 Å². The lowest BCUT2D eigenvalue weighted by molar-refractivity contribution is -0.135. The summed E-state index contributed by atoms with van der Waals surface area (Å²) in [6.45, 7) is 2.04. The first-order valence-electron chi connectivity index (χ1n) is 3.05. The third-order valence-corrected chi connectivity index (χ3v) is 0.837. The standard InChI is InChI=1S/C6H8N2O3/c1-2-3-11-6(9)5(4-7)8-10/h10H,2-3H2,1H3/b8-5-. The average molecular weight is 156 g/mol. The van der Waals surface area contributed by atoms with Gasteiger partial charge in [0.05, 0.1) is 6.61 Å². The molecule has 0 bridgehead atoms. The Morgan fingerprint density at radius 3 is 2.82 bits per heavy atom. The van der Waals surface area contributed by atoms with E-state index in [0.717, 1.165) is 0 Å². The summed E-state index contributed by atoms with van der Waals surface area (Å²) < 4.78 is 4.48. The minimum Gasteiger partial charge on any atom is -0.460 e. The van der Waals surface area contributed by atoms with Gasteiger partial charge in [0.25, 0.3) is 5.71 Å². The Balaban J connectivity index is 3.94. The number of esters is 1. The first-order valence-corrected chi connectivity index (χ1v) is 3.05. The van der Waals surface area contributed by atoms with Crippen LogP contribution < -0.4 is 0 Å². The number of carbonyl (C=O) groups excluding carboxylic acids is 1. The lowest BCUT2D eigenvalue weighted by Crippen LogP contribution is -2.16. The molecule has 0 fully saturated rings. The first kappa shape index (κ1) is 9.43. The highest BCUT2D eigenvalue weighted by molar-refractivity contribution is 6.42. The van der Waals surface area contributed by atoms with Gasteiger partial charge in [-0.1, -0.05) is 12.1 Å². The van der Waals surface area contributed by atoms with Crippen LogP contribution in [0.2, 0.25) is 0 Å². The van der Waals surface area contributed by atoms with E-state index in [9.17, 15) is 4.79 Å². The van der Waals surface area contributed by atoms with Gasteiger partial charge >= 0.3 is 5.97 Å². The fourth-order valence-corrected chi connectivity index (χ4v) is 0.372. The van der Waals surface area contributed by atoms with Crippen LogP contribution in [-0.2, 0) is 9.53 Å². The minimum atomic E-state index is -0.892. The van der Waals surface area contributed by atoms with E-state index < -0.39 is 11.7 Å². The smallest absolute Gasteiger partial charge is 0.371 e. The van der Waals surface area contributed by atoms with Gasteiger partial charge in [-0.05, 0) is 6.42 Å². The molecule has 0 rings (SSSR count). The molecule has 0 saturated carbocycles. The lowest BCUT2D eigenvalue weighted by Gasteiger charge is -1.97. The molecule has 0 aliphatic heterocycles. The predicted octanol–water partition coefficient (Wildman–Crippen LogP) is 0.293. The Bertz CT molecular complexity index is 204. The Labute approximate surface area is 63.9 Å². The van der Waals surface area contributed by atoms with Crippen LogP contribution in [0.4, 0.5) is 0 Å². The molecule has 0 heterocycles. The largest absolute Gasteiger partial charge is 0.460 e. The van der Waals surface area contributed by atoms with Crippen molar-refractivity contribution in [2.75, 3.05) is 6.61 Å². The van der Waals surface area contributed by atoms with Gasteiger partial charge in [0.15, 0.2) is 0 Å². The monoisotopic (exact) mass is 156 g/mol. The molecule has 60 valence electrons. The molecule has 5 heteroatoms. The van der Waals surface area contributed by atoms with E-state index in [4.69, 9.17) is 10.5 Å². The van der Waals surface area contributed by atoms with Crippen LogP contribution in [0.1, 0.15) is 13.3 Å². The molecule has 5 nitrogen and oxygen atoms in total. The van der Waals surface area contributed by atoms with Gasteiger partial charge in [0.1, 0.15) is 6.07 Å². The SMILES string of the molecule is CCCOC(=O)/C(C#N)=N\O. The van der Waals surface area contributed by atoms with Crippen LogP contribution in [0.15, 0.2) is 5.16 Å². The summed E-state index contributed by atoms with van der Waals surface area (Å²) in [5.41, 5.74) is -0.626. The molecule has 11 heavy (non-hydrogen) atoms. The maximum absolute atomic E-state index is 10.6. The molecule has 0 aliphatic rings. The number of nitriles is 1. The topological polar surface area (TPSA) is 82.7 Å². The molecule has 0 unspecified atom stereocenters. The fraction of sp³-hybridized carbons (Fsp3) is 0.500. The number of carbonyl (C=O) groups is 1. The van der Waals surface area contributed by atoms with Crippen molar-refractivity contribution in [3.05, 3.63) is 0 Å². The average Bonchev–Trinajstić information content (AvgIpc) is 2.03. The van der Waals surface area contributed by atoms with Gasteiger partial charge < -0.3 is 9.94 Å². The summed E-state index contributed by atoms with van der Waals surface area (Å²) in [7, 11) is 0. The van der Waals surface area contributed by atoms with Crippen LogP contribution in [-0.4, -0.2) is 23.5 Å². The molecule has 0 saturated heterocycles. The van der Waals surface area contributed by atoms with Crippen molar-refractivity contribution in [2.45, 2.75) is 13.3 Å². The van der Waals surface area contributed by atoms with Gasteiger partial charge in [-0.25, -0.2) is 4.79 Å². The number of hydrogen-bond donors (Lipinski definition) is 1. The van der Waals surface area contributed by atoms with E-state index >= 15 is 0 Å². The lowest BCUT2D eigenvalue weighted by atomic mass is 10.4. The Hall–Kier alpha value is -1.57. The highest BCUT2D eigenvalue weighted by Gasteiger charge is 2.11. The van der Waals surface area contributed by atoms with Crippen molar-refractivity contribution >= 4 is 11.7 Å². The zero-order chi connectivity index (χ0) is 8.69. The molecule has 0 aromatic heterocycles. The first-order chi connectivity index (χ1) is 5.26. The van der Waals surface area contributed by atoms with Gasteiger partial charge in [0, 0.05) is 0 Å². The highest BCUT2D eigenvalue weighted by Crippen LogP contribution is 1.85. The molecule has 0 aromatic carbocycles. The molecule has 0 aliphatic carbocycles. The van der Waals surface area contributed by atoms with Crippen LogP contribution in [0.25, 0.3) is 0 Å². The molecule has 0 aromatic rings. The second kappa shape index (κ2) is 5.23. The van der Waals surface area contributed by atoms with E-state index in [0.29, 0.717) is 6.42 Å². The number of nitrogens with zero attached hydrogens (tertiary/aromatic N) is 2. The van der Waals surface area contributed by atoms with Crippen molar-refractivity contribution < 1.29 is 14.7 Å². The van der Waals surface area contributed by atoms with Crippen molar-refractivity contribution in [3.8, 4) is 6.07 Å². The minimum absolute atomic E-state index is 0.222. The second-order valence-electron chi connectivity index (χ2n) is 1.70.